The zero-order chi connectivity index (χ0) is 17.6. The standard InChI is InChI=1S/C18H25NO4S/c1-13-5-6-14(11-15(13)23-2)18(7-3-4-8-18)17(22)19-9-10-24-12-16(20)21/h5-6,11H,3-4,7-10,12H2,1-2H3,(H,19,22)(H,20,21). The number of aryl methyl sites for hydroxylation is 1. The predicted octanol–water partition coefficient (Wildman–Crippen LogP) is 2.75. The smallest absolute Gasteiger partial charge is 0.313 e. The summed E-state index contributed by atoms with van der Waals surface area (Å²) in [5, 5.41) is 11.6. The number of carboxylic acids is 1. The molecule has 1 aliphatic carbocycles. The van der Waals surface area contributed by atoms with Crippen LogP contribution < -0.4 is 10.1 Å². The van der Waals surface area contributed by atoms with Crippen LogP contribution in [0.5, 0.6) is 5.75 Å². The molecular formula is C18H25NO4S. The Morgan fingerprint density at radius 3 is 2.67 bits per heavy atom. The van der Waals surface area contributed by atoms with Gasteiger partial charge in [0.25, 0.3) is 0 Å². The van der Waals surface area contributed by atoms with Crippen molar-refractivity contribution in [3.8, 4) is 5.75 Å². The van der Waals surface area contributed by atoms with E-state index in [-0.39, 0.29) is 11.7 Å². The number of ether oxygens (including phenoxy) is 1. The number of carbonyl (C=O) groups excluding carboxylic acids is 1. The van der Waals surface area contributed by atoms with Crippen LogP contribution in [0.2, 0.25) is 0 Å². The van der Waals surface area contributed by atoms with Crippen LogP contribution in [-0.4, -0.2) is 42.1 Å². The highest BCUT2D eigenvalue weighted by Crippen LogP contribution is 2.42. The van der Waals surface area contributed by atoms with Crippen molar-refractivity contribution in [2.45, 2.75) is 38.0 Å². The minimum atomic E-state index is -0.828. The molecule has 0 spiro atoms. The minimum Gasteiger partial charge on any atom is -0.496 e. The minimum absolute atomic E-state index is 0.0434. The van der Waals surface area contributed by atoms with Gasteiger partial charge in [0.2, 0.25) is 5.91 Å². The van der Waals surface area contributed by atoms with Crippen molar-refractivity contribution in [2.24, 2.45) is 0 Å². The number of hydrogen-bond donors (Lipinski definition) is 2. The highest BCUT2D eigenvalue weighted by Gasteiger charge is 2.42. The molecule has 132 valence electrons. The second kappa shape index (κ2) is 8.42. The Labute approximate surface area is 147 Å². The molecule has 1 aromatic rings. The first-order valence-electron chi connectivity index (χ1n) is 8.22. The van der Waals surface area contributed by atoms with E-state index in [1.165, 1.54) is 11.8 Å². The first-order chi connectivity index (χ1) is 11.5. The van der Waals surface area contributed by atoms with E-state index < -0.39 is 11.4 Å². The fraction of sp³-hybridized carbons (Fsp3) is 0.556. The lowest BCUT2D eigenvalue weighted by atomic mass is 9.77. The van der Waals surface area contributed by atoms with Crippen molar-refractivity contribution in [3.05, 3.63) is 29.3 Å². The molecule has 5 nitrogen and oxygen atoms in total. The van der Waals surface area contributed by atoms with E-state index in [9.17, 15) is 9.59 Å². The molecular weight excluding hydrogens is 326 g/mol. The largest absolute Gasteiger partial charge is 0.496 e. The number of benzene rings is 1. The number of amides is 1. The average molecular weight is 351 g/mol. The molecule has 1 aliphatic rings. The molecule has 0 atom stereocenters. The third-order valence-electron chi connectivity index (χ3n) is 4.61. The number of aliphatic carboxylic acids is 1. The maximum absolute atomic E-state index is 12.9. The lowest BCUT2D eigenvalue weighted by molar-refractivity contribution is -0.134. The maximum Gasteiger partial charge on any atom is 0.313 e. The Kier molecular flexibility index (Phi) is 6.54. The number of nitrogens with one attached hydrogen (secondary N) is 1. The predicted molar refractivity (Wildman–Crippen MR) is 95.8 cm³/mol. The fourth-order valence-electron chi connectivity index (χ4n) is 3.31. The van der Waals surface area contributed by atoms with Crippen molar-refractivity contribution in [1.29, 1.82) is 0 Å². The number of methoxy groups -OCH3 is 1. The summed E-state index contributed by atoms with van der Waals surface area (Å²) >= 11 is 1.31. The van der Waals surface area contributed by atoms with Crippen molar-refractivity contribution >= 4 is 23.6 Å². The maximum atomic E-state index is 12.9. The van der Waals surface area contributed by atoms with E-state index in [4.69, 9.17) is 9.84 Å². The molecule has 2 rings (SSSR count). The van der Waals surface area contributed by atoms with Gasteiger partial charge in [-0.2, -0.15) is 0 Å². The van der Waals surface area contributed by atoms with Gasteiger partial charge in [-0.3, -0.25) is 9.59 Å². The number of thioether (sulfide) groups is 1. The molecule has 0 heterocycles. The lowest BCUT2D eigenvalue weighted by Gasteiger charge is -2.29. The van der Waals surface area contributed by atoms with Crippen LogP contribution in [0, 0.1) is 6.92 Å². The Morgan fingerprint density at radius 1 is 1.33 bits per heavy atom. The van der Waals surface area contributed by atoms with Crippen LogP contribution in [0.15, 0.2) is 18.2 Å². The van der Waals surface area contributed by atoms with Gasteiger partial charge in [-0.05, 0) is 37.0 Å². The topological polar surface area (TPSA) is 75.6 Å². The first-order valence-corrected chi connectivity index (χ1v) is 9.38. The van der Waals surface area contributed by atoms with Gasteiger partial charge >= 0.3 is 5.97 Å². The molecule has 24 heavy (non-hydrogen) atoms. The quantitative estimate of drug-likeness (QED) is 0.705. The average Bonchev–Trinajstić information content (AvgIpc) is 3.05. The number of carboxylic acid groups (broad SMARTS) is 1. The highest BCUT2D eigenvalue weighted by molar-refractivity contribution is 7.99. The van der Waals surface area contributed by atoms with E-state index in [1.807, 2.05) is 25.1 Å². The molecule has 0 bridgehead atoms. The summed E-state index contributed by atoms with van der Waals surface area (Å²) in [6.07, 6.45) is 3.76. The zero-order valence-electron chi connectivity index (χ0n) is 14.3. The van der Waals surface area contributed by atoms with Gasteiger partial charge in [0.1, 0.15) is 5.75 Å². The van der Waals surface area contributed by atoms with Crippen LogP contribution in [-0.2, 0) is 15.0 Å². The summed E-state index contributed by atoms with van der Waals surface area (Å²) in [5.74, 6) is 0.692. The molecule has 2 N–H and O–H groups in total. The Hall–Kier alpha value is -1.69. The van der Waals surface area contributed by atoms with Crippen LogP contribution >= 0.6 is 11.8 Å². The molecule has 1 aromatic carbocycles. The summed E-state index contributed by atoms with van der Waals surface area (Å²) in [7, 11) is 1.65. The van der Waals surface area contributed by atoms with Gasteiger partial charge in [-0.25, -0.2) is 0 Å². The van der Waals surface area contributed by atoms with Gasteiger partial charge in [0.05, 0.1) is 18.3 Å². The molecule has 1 amide bonds. The Balaban J connectivity index is 2.07. The van der Waals surface area contributed by atoms with Gasteiger partial charge in [-0.1, -0.05) is 25.0 Å². The summed E-state index contributed by atoms with van der Waals surface area (Å²) in [6.45, 7) is 2.48. The van der Waals surface area contributed by atoms with Crippen molar-refractivity contribution in [2.75, 3.05) is 25.2 Å². The van der Waals surface area contributed by atoms with Crippen LogP contribution in [0.1, 0.15) is 36.8 Å². The molecule has 6 heteroatoms. The molecule has 0 aliphatic heterocycles. The van der Waals surface area contributed by atoms with Crippen LogP contribution in [0.3, 0.4) is 0 Å². The van der Waals surface area contributed by atoms with Crippen LogP contribution in [0.25, 0.3) is 0 Å². The second-order valence-corrected chi connectivity index (χ2v) is 7.28. The molecule has 1 saturated carbocycles. The molecule has 0 unspecified atom stereocenters. The number of rotatable bonds is 8. The molecule has 1 fully saturated rings. The summed E-state index contributed by atoms with van der Waals surface area (Å²) < 4.78 is 5.41. The summed E-state index contributed by atoms with van der Waals surface area (Å²) in [4.78, 5) is 23.4. The van der Waals surface area contributed by atoms with E-state index in [0.717, 1.165) is 42.6 Å². The van der Waals surface area contributed by atoms with Crippen molar-refractivity contribution < 1.29 is 19.4 Å². The zero-order valence-corrected chi connectivity index (χ0v) is 15.1. The van der Waals surface area contributed by atoms with E-state index in [0.29, 0.717) is 12.3 Å². The number of hydrogen-bond acceptors (Lipinski definition) is 4. The fourth-order valence-corrected chi connectivity index (χ4v) is 3.87. The highest BCUT2D eigenvalue weighted by atomic mass is 32.2. The summed E-state index contributed by atoms with van der Waals surface area (Å²) in [6, 6.07) is 6.02. The summed E-state index contributed by atoms with van der Waals surface area (Å²) in [5.41, 5.74) is 1.58. The lowest BCUT2D eigenvalue weighted by Crippen LogP contribution is -2.43. The monoisotopic (exact) mass is 351 g/mol. The van der Waals surface area contributed by atoms with Gasteiger partial charge < -0.3 is 15.2 Å². The normalized spacial score (nSPS) is 15.9. The third kappa shape index (κ3) is 4.23. The Bertz CT molecular complexity index is 597. The van der Waals surface area contributed by atoms with Crippen molar-refractivity contribution in [1.82, 2.24) is 5.32 Å². The van der Waals surface area contributed by atoms with E-state index in [2.05, 4.69) is 5.32 Å². The first kappa shape index (κ1) is 18.6. The molecule has 0 aromatic heterocycles. The number of carbonyl (C=O) groups is 2. The Morgan fingerprint density at radius 2 is 2.04 bits per heavy atom. The molecule has 0 radical (unpaired) electrons. The van der Waals surface area contributed by atoms with E-state index >= 15 is 0 Å². The van der Waals surface area contributed by atoms with Crippen LogP contribution in [0.4, 0.5) is 0 Å². The third-order valence-corrected chi connectivity index (χ3v) is 5.55. The van der Waals surface area contributed by atoms with E-state index in [1.54, 1.807) is 7.11 Å². The SMILES string of the molecule is COc1cc(C2(C(=O)NCCSCC(=O)O)CCCC2)ccc1C. The van der Waals surface area contributed by atoms with Crippen molar-refractivity contribution in [3.63, 3.8) is 0 Å². The van der Waals surface area contributed by atoms with Gasteiger partial charge in [0.15, 0.2) is 0 Å². The van der Waals surface area contributed by atoms with Gasteiger partial charge in [0, 0.05) is 12.3 Å². The van der Waals surface area contributed by atoms with Gasteiger partial charge in [-0.15, -0.1) is 11.8 Å². The molecule has 0 saturated heterocycles. The second-order valence-electron chi connectivity index (χ2n) is 6.18.